The van der Waals surface area contributed by atoms with Crippen molar-refractivity contribution in [1.29, 1.82) is 0 Å². The number of carboxylic acid groups (broad SMARTS) is 1. The minimum atomic E-state index is -1.31. The summed E-state index contributed by atoms with van der Waals surface area (Å²) in [4.78, 5) is 23.6. The van der Waals surface area contributed by atoms with Crippen molar-refractivity contribution in [2.45, 2.75) is 36.6 Å². The maximum Gasteiger partial charge on any atom is 0.407 e. The van der Waals surface area contributed by atoms with Gasteiger partial charge in [-0.2, -0.15) is 0 Å². The minimum absolute atomic E-state index is 0.142. The van der Waals surface area contributed by atoms with Gasteiger partial charge in [-0.3, -0.25) is 4.79 Å². The van der Waals surface area contributed by atoms with Crippen molar-refractivity contribution in [2.24, 2.45) is 5.41 Å². The molecule has 2 fully saturated rings. The van der Waals surface area contributed by atoms with Gasteiger partial charge in [0.15, 0.2) is 10.1 Å². The first kappa shape index (κ1) is 12.0. The second-order valence-corrected chi connectivity index (χ2v) is 6.06. The van der Waals surface area contributed by atoms with Crippen molar-refractivity contribution in [1.82, 2.24) is 4.90 Å². The number of carbonyl (C=O) groups is 2. The molecule has 0 bridgehead atoms. The molecule has 2 rings (SSSR count). The number of hydrogen-bond acceptors (Lipinski definition) is 2. The van der Waals surface area contributed by atoms with E-state index in [4.69, 9.17) is 28.3 Å². The normalized spacial score (nSPS) is 37.3. The monoisotopic (exact) mass is 265 g/mol. The van der Waals surface area contributed by atoms with E-state index in [0.717, 1.165) is 0 Å². The smallest absolute Gasteiger partial charge is 0.407 e. The number of amides is 1. The summed E-state index contributed by atoms with van der Waals surface area (Å²) >= 11 is 12.1. The van der Waals surface area contributed by atoms with E-state index in [2.05, 4.69) is 0 Å². The van der Waals surface area contributed by atoms with E-state index in [1.807, 2.05) is 6.92 Å². The number of rotatable bonds is 0. The summed E-state index contributed by atoms with van der Waals surface area (Å²) in [5.74, 6) is -0.146. The molecule has 0 aromatic heterocycles. The number of hydrogen-bond donors (Lipinski definition) is 1. The van der Waals surface area contributed by atoms with Gasteiger partial charge in [-0.1, -0.05) is 23.2 Å². The Kier molecular flexibility index (Phi) is 2.63. The van der Waals surface area contributed by atoms with Crippen LogP contribution in [0.25, 0.3) is 0 Å². The molecule has 1 aliphatic heterocycles. The van der Waals surface area contributed by atoms with Gasteiger partial charge in [0.05, 0.1) is 0 Å². The molecular weight excluding hydrogens is 253 g/mol. The molecule has 1 spiro atoms. The van der Waals surface area contributed by atoms with Gasteiger partial charge < -0.3 is 10.0 Å². The van der Waals surface area contributed by atoms with Crippen molar-refractivity contribution >= 4 is 35.1 Å². The molecular formula is C10H13Cl2NO3. The number of alkyl halides is 2. The van der Waals surface area contributed by atoms with Crippen LogP contribution in [0.2, 0.25) is 0 Å². The van der Waals surface area contributed by atoms with Crippen molar-refractivity contribution in [3.8, 4) is 0 Å². The summed E-state index contributed by atoms with van der Waals surface area (Å²) in [5, 5.41) is 8.94. The summed E-state index contributed by atoms with van der Waals surface area (Å²) in [7, 11) is 0. The van der Waals surface area contributed by atoms with Gasteiger partial charge in [-0.15, -0.1) is 0 Å². The first-order valence-electron chi connectivity index (χ1n) is 5.21. The first-order chi connectivity index (χ1) is 7.30. The van der Waals surface area contributed by atoms with Gasteiger partial charge >= 0.3 is 6.09 Å². The highest BCUT2D eigenvalue weighted by molar-refractivity contribution is 6.61. The van der Waals surface area contributed by atoms with E-state index < -0.39 is 15.8 Å². The van der Waals surface area contributed by atoms with Crippen LogP contribution in [0.15, 0.2) is 0 Å². The fourth-order valence-electron chi connectivity index (χ4n) is 2.78. The van der Waals surface area contributed by atoms with Crippen molar-refractivity contribution in [3.05, 3.63) is 0 Å². The average Bonchev–Trinajstić information content (AvgIpc) is 2.17. The summed E-state index contributed by atoms with van der Waals surface area (Å²) in [6, 6.07) is -0.142. The Morgan fingerprint density at radius 2 is 2.19 bits per heavy atom. The fraction of sp³-hybridized carbons (Fsp3) is 0.800. The molecule has 1 N–H and O–H groups in total. The summed E-state index contributed by atoms with van der Waals surface area (Å²) in [6.45, 7) is 2.21. The van der Waals surface area contributed by atoms with Crippen LogP contribution in [-0.4, -0.2) is 38.8 Å². The summed E-state index contributed by atoms with van der Waals surface area (Å²) in [5.41, 5.74) is -0.418. The topological polar surface area (TPSA) is 57.6 Å². The van der Waals surface area contributed by atoms with Crippen molar-refractivity contribution in [2.75, 3.05) is 6.54 Å². The molecule has 0 radical (unpaired) electrons. The average molecular weight is 266 g/mol. The van der Waals surface area contributed by atoms with E-state index in [1.54, 1.807) is 0 Å². The molecule has 90 valence electrons. The lowest BCUT2D eigenvalue weighted by Crippen LogP contribution is -2.63. The predicted molar refractivity (Wildman–Crippen MR) is 59.9 cm³/mol. The molecule has 2 unspecified atom stereocenters. The maximum absolute atomic E-state index is 11.4. The molecule has 1 saturated heterocycles. The highest BCUT2D eigenvalue weighted by atomic mass is 35.5. The number of piperidine rings is 1. The second kappa shape index (κ2) is 3.50. The Morgan fingerprint density at radius 1 is 1.56 bits per heavy atom. The zero-order valence-electron chi connectivity index (χ0n) is 8.87. The SMILES string of the molecule is CC1CC2(CCN1C(=O)O)CC(=O)C2(Cl)Cl. The van der Waals surface area contributed by atoms with Crippen LogP contribution >= 0.6 is 23.2 Å². The molecule has 0 aromatic rings. The molecule has 2 aliphatic rings. The molecule has 16 heavy (non-hydrogen) atoms. The molecule has 1 amide bonds. The molecule has 1 aliphatic carbocycles. The zero-order chi connectivity index (χ0) is 12.1. The Morgan fingerprint density at radius 3 is 2.56 bits per heavy atom. The Hall–Kier alpha value is -0.480. The quantitative estimate of drug-likeness (QED) is 0.684. The predicted octanol–water partition coefficient (Wildman–Crippen LogP) is 2.28. The first-order valence-corrected chi connectivity index (χ1v) is 5.96. The number of likely N-dealkylation sites (tertiary alicyclic amines) is 1. The number of nitrogens with zero attached hydrogens (tertiary/aromatic N) is 1. The van der Waals surface area contributed by atoms with Gasteiger partial charge in [-0.05, 0) is 19.8 Å². The highest BCUT2D eigenvalue weighted by Crippen LogP contribution is 2.60. The van der Waals surface area contributed by atoms with Gasteiger partial charge in [0.1, 0.15) is 0 Å². The van der Waals surface area contributed by atoms with Crippen LogP contribution in [0.5, 0.6) is 0 Å². The van der Waals surface area contributed by atoms with Crippen LogP contribution in [-0.2, 0) is 4.79 Å². The second-order valence-electron chi connectivity index (χ2n) is 4.73. The van der Waals surface area contributed by atoms with Gasteiger partial charge in [0.2, 0.25) is 0 Å². The van der Waals surface area contributed by atoms with Crippen molar-refractivity contribution in [3.63, 3.8) is 0 Å². The van der Waals surface area contributed by atoms with E-state index in [1.165, 1.54) is 4.90 Å². The van der Waals surface area contributed by atoms with E-state index in [9.17, 15) is 9.59 Å². The molecule has 1 heterocycles. The number of halogens is 2. The third kappa shape index (κ3) is 1.43. The summed E-state index contributed by atoms with van der Waals surface area (Å²) in [6.07, 6.45) is 0.556. The molecule has 6 heteroatoms. The molecule has 2 atom stereocenters. The maximum atomic E-state index is 11.4. The fourth-order valence-corrected chi connectivity index (χ4v) is 3.39. The molecule has 1 saturated carbocycles. The lowest BCUT2D eigenvalue weighted by molar-refractivity contribution is -0.138. The van der Waals surface area contributed by atoms with Gasteiger partial charge in [0, 0.05) is 24.4 Å². The van der Waals surface area contributed by atoms with Gasteiger partial charge in [0.25, 0.3) is 0 Å². The lowest BCUT2D eigenvalue weighted by Gasteiger charge is -2.55. The van der Waals surface area contributed by atoms with E-state index in [0.29, 0.717) is 25.8 Å². The van der Waals surface area contributed by atoms with Crippen LogP contribution in [0.1, 0.15) is 26.2 Å². The van der Waals surface area contributed by atoms with Crippen molar-refractivity contribution < 1.29 is 14.7 Å². The minimum Gasteiger partial charge on any atom is -0.465 e. The van der Waals surface area contributed by atoms with Crippen LogP contribution in [0.4, 0.5) is 4.79 Å². The van der Waals surface area contributed by atoms with Crippen LogP contribution in [0.3, 0.4) is 0 Å². The standard InChI is InChI=1S/C10H13Cl2NO3/c1-6-4-9(2-3-13(6)8(15)16)5-7(14)10(9,11)12/h6H,2-5H2,1H3,(H,15,16). The third-order valence-electron chi connectivity index (χ3n) is 3.81. The van der Waals surface area contributed by atoms with Crippen LogP contribution < -0.4 is 0 Å². The van der Waals surface area contributed by atoms with Gasteiger partial charge in [-0.25, -0.2) is 4.79 Å². The molecule has 4 nitrogen and oxygen atoms in total. The number of carbonyl (C=O) groups excluding carboxylic acids is 1. The summed E-state index contributed by atoms with van der Waals surface area (Å²) < 4.78 is -1.31. The number of Topliss-reactive ketones (excluding diaryl/α,β-unsaturated/α-hetero) is 1. The third-order valence-corrected chi connectivity index (χ3v) is 5.03. The van der Waals surface area contributed by atoms with E-state index >= 15 is 0 Å². The highest BCUT2D eigenvalue weighted by Gasteiger charge is 2.65. The Labute approximate surface area is 103 Å². The molecule has 0 aromatic carbocycles. The number of ketones is 1. The lowest BCUT2D eigenvalue weighted by atomic mass is 9.60. The Bertz CT molecular complexity index is 358. The van der Waals surface area contributed by atoms with E-state index in [-0.39, 0.29) is 11.8 Å². The largest absolute Gasteiger partial charge is 0.465 e. The Balaban J connectivity index is 2.14. The zero-order valence-corrected chi connectivity index (χ0v) is 10.4. The van der Waals surface area contributed by atoms with Crippen LogP contribution in [0, 0.1) is 5.41 Å².